The number of anilines is 1. The van der Waals surface area contributed by atoms with E-state index >= 15 is 0 Å². The van der Waals surface area contributed by atoms with Crippen molar-refractivity contribution in [1.82, 2.24) is 0 Å². The summed E-state index contributed by atoms with van der Waals surface area (Å²) in [4.78, 5) is 18.2. The van der Waals surface area contributed by atoms with Crippen molar-refractivity contribution in [3.8, 4) is 5.75 Å². The van der Waals surface area contributed by atoms with Crippen LogP contribution in [0.25, 0.3) is 0 Å². The van der Waals surface area contributed by atoms with Crippen LogP contribution in [0.1, 0.15) is 12.0 Å². The lowest BCUT2D eigenvalue weighted by atomic mass is 10.1. The molecule has 0 unspecified atom stereocenters. The highest BCUT2D eigenvalue weighted by Crippen LogP contribution is 2.40. The fourth-order valence-electron chi connectivity index (χ4n) is 2.50. The maximum atomic E-state index is 12.6. The van der Waals surface area contributed by atoms with Crippen molar-refractivity contribution in [2.75, 3.05) is 11.9 Å². The van der Waals surface area contributed by atoms with E-state index in [1.54, 1.807) is 30.1 Å². The van der Waals surface area contributed by atoms with Gasteiger partial charge in [0.15, 0.2) is 0 Å². The Morgan fingerprint density at radius 1 is 1.25 bits per heavy atom. The molecule has 1 aliphatic heterocycles. The van der Waals surface area contributed by atoms with Crippen LogP contribution in [0.5, 0.6) is 5.75 Å². The van der Waals surface area contributed by atoms with Crippen LogP contribution in [0.2, 0.25) is 0 Å². The van der Waals surface area contributed by atoms with Crippen LogP contribution in [-0.4, -0.2) is 23.8 Å². The van der Waals surface area contributed by atoms with Crippen molar-refractivity contribution in [3.05, 3.63) is 59.8 Å². The highest BCUT2D eigenvalue weighted by molar-refractivity contribution is 6.55. The molecule has 0 spiro atoms. The molecule has 1 amide bonds. The molecule has 2 aliphatic rings. The summed E-state index contributed by atoms with van der Waals surface area (Å²) in [5.74, 6) is -0.105. The fraction of sp³-hybridized carbons (Fsp3) is 0.125. The van der Waals surface area contributed by atoms with E-state index in [4.69, 9.17) is 0 Å². The van der Waals surface area contributed by atoms with Gasteiger partial charge in [0.1, 0.15) is 17.1 Å². The van der Waals surface area contributed by atoms with Crippen LogP contribution < -0.4 is 4.90 Å². The van der Waals surface area contributed by atoms with Crippen molar-refractivity contribution < 1.29 is 9.90 Å². The van der Waals surface area contributed by atoms with E-state index in [1.807, 2.05) is 30.4 Å². The minimum atomic E-state index is -0.195. The summed E-state index contributed by atoms with van der Waals surface area (Å²) in [5, 5.41) is 10.1. The van der Waals surface area contributed by atoms with Gasteiger partial charge in [-0.2, -0.15) is 0 Å². The molecule has 1 aromatic rings. The third-order valence-corrected chi connectivity index (χ3v) is 3.38. The molecular weight excluding hydrogens is 252 g/mol. The average molecular weight is 266 g/mol. The highest BCUT2D eigenvalue weighted by atomic mass is 16.3. The number of aromatic hydroxyl groups is 1. The molecule has 0 bridgehead atoms. The lowest BCUT2D eigenvalue weighted by Gasteiger charge is -2.20. The second-order valence-corrected chi connectivity index (χ2v) is 4.56. The zero-order chi connectivity index (χ0) is 14.1. The predicted octanol–water partition coefficient (Wildman–Crippen LogP) is 2.56. The topological polar surface area (TPSA) is 52.9 Å². The largest absolute Gasteiger partial charge is 0.506 e. The van der Waals surface area contributed by atoms with Crippen LogP contribution in [-0.2, 0) is 4.79 Å². The Hall–Kier alpha value is -2.62. The lowest BCUT2D eigenvalue weighted by Crippen LogP contribution is -2.29. The van der Waals surface area contributed by atoms with Crippen molar-refractivity contribution in [3.63, 3.8) is 0 Å². The minimum absolute atomic E-state index is 0.0904. The number of amides is 1. The molecule has 20 heavy (non-hydrogen) atoms. The summed E-state index contributed by atoms with van der Waals surface area (Å²) < 4.78 is 0. The number of hydrogen-bond acceptors (Lipinski definition) is 3. The van der Waals surface area contributed by atoms with Gasteiger partial charge >= 0.3 is 0 Å². The van der Waals surface area contributed by atoms with E-state index in [0.717, 1.165) is 5.70 Å². The first kappa shape index (κ1) is 12.4. The van der Waals surface area contributed by atoms with Gasteiger partial charge in [-0.3, -0.25) is 14.7 Å². The van der Waals surface area contributed by atoms with Gasteiger partial charge < -0.3 is 5.11 Å². The summed E-state index contributed by atoms with van der Waals surface area (Å²) in [6.45, 7) is 0. The Kier molecular flexibility index (Phi) is 2.99. The smallest absolute Gasteiger partial charge is 0.281 e. The second-order valence-electron chi connectivity index (χ2n) is 4.56. The standard InChI is InChI=1S/C16H14N2O2/c1-17-14-12-9-6-10-13(19)15(12)18(16(14)20)11-7-4-2-3-5-8-11/h2-7,9-10,19H,8H2,1H3. The Balaban J connectivity index is 2.19. The summed E-state index contributed by atoms with van der Waals surface area (Å²) in [7, 11) is 1.59. The summed E-state index contributed by atoms with van der Waals surface area (Å²) in [6.07, 6.45) is 10.2. The van der Waals surface area contributed by atoms with Gasteiger partial charge in [0.25, 0.3) is 5.91 Å². The van der Waals surface area contributed by atoms with Crippen molar-refractivity contribution in [2.45, 2.75) is 6.42 Å². The number of phenolic OH excluding ortho intramolecular Hbond substituents is 1. The highest BCUT2D eigenvalue weighted by Gasteiger charge is 2.37. The summed E-state index contributed by atoms with van der Waals surface area (Å²) >= 11 is 0. The molecule has 0 saturated carbocycles. The molecule has 100 valence electrons. The Bertz CT molecular complexity index is 696. The van der Waals surface area contributed by atoms with E-state index in [0.29, 0.717) is 23.4 Å². The van der Waals surface area contributed by atoms with Crippen molar-refractivity contribution in [2.24, 2.45) is 4.99 Å². The van der Waals surface area contributed by atoms with Crippen LogP contribution in [0.4, 0.5) is 5.69 Å². The first-order valence-electron chi connectivity index (χ1n) is 6.40. The quantitative estimate of drug-likeness (QED) is 0.849. The molecule has 0 radical (unpaired) electrons. The number of benzene rings is 1. The molecule has 3 rings (SSSR count). The van der Waals surface area contributed by atoms with Crippen LogP contribution >= 0.6 is 0 Å². The molecule has 1 heterocycles. The number of rotatable bonds is 1. The van der Waals surface area contributed by atoms with E-state index in [1.165, 1.54) is 0 Å². The van der Waals surface area contributed by atoms with E-state index in [-0.39, 0.29) is 11.7 Å². The Morgan fingerprint density at radius 2 is 2.10 bits per heavy atom. The number of phenols is 1. The maximum Gasteiger partial charge on any atom is 0.281 e. The van der Waals surface area contributed by atoms with Gasteiger partial charge in [-0.25, -0.2) is 0 Å². The van der Waals surface area contributed by atoms with E-state index < -0.39 is 0 Å². The number of carbonyl (C=O) groups excluding carboxylic acids is 1. The second kappa shape index (κ2) is 4.81. The van der Waals surface area contributed by atoms with Crippen LogP contribution in [0, 0.1) is 0 Å². The number of hydrogen-bond donors (Lipinski definition) is 1. The zero-order valence-electron chi connectivity index (χ0n) is 11.1. The van der Waals surface area contributed by atoms with E-state index in [9.17, 15) is 9.90 Å². The monoisotopic (exact) mass is 266 g/mol. The third-order valence-electron chi connectivity index (χ3n) is 3.38. The number of para-hydroxylation sites is 1. The first-order valence-corrected chi connectivity index (χ1v) is 6.40. The predicted molar refractivity (Wildman–Crippen MR) is 79.0 cm³/mol. The van der Waals surface area contributed by atoms with Gasteiger partial charge in [0.2, 0.25) is 0 Å². The number of nitrogens with zero attached hydrogens (tertiary/aromatic N) is 2. The van der Waals surface area contributed by atoms with Gasteiger partial charge in [0.05, 0.1) is 0 Å². The van der Waals surface area contributed by atoms with Crippen LogP contribution in [0.3, 0.4) is 0 Å². The number of fused-ring (bicyclic) bond motifs is 1. The molecular formula is C16H14N2O2. The zero-order valence-corrected chi connectivity index (χ0v) is 11.1. The van der Waals surface area contributed by atoms with Crippen molar-refractivity contribution >= 4 is 17.3 Å². The van der Waals surface area contributed by atoms with E-state index in [2.05, 4.69) is 4.99 Å². The molecule has 4 nitrogen and oxygen atoms in total. The average Bonchev–Trinajstić information content (AvgIpc) is 2.61. The van der Waals surface area contributed by atoms with Gasteiger partial charge in [0, 0.05) is 24.7 Å². The number of aliphatic imine (C=N–C) groups is 1. The SMILES string of the molecule is CN=C1C(=O)N(C2=CC=CC=CC2)c2c(O)cccc21. The normalized spacial score (nSPS) is 19.2. The number of carbonyl (C=O) groups is 1. The van der Waals surface area contributed by atoms with Gasteiger partial charge in [-0.15, -0.1) is 0 Å². The summed E-state index contributed by atoms with van der Waals surface area (Å²) in [5.41, 5.74) is 2.40. The number of allylic oxidation sites excluding steroid dienone is 5. The fourth-order valence-corrected chi connectivity index (χ4v) is 2.50. The molecule has 1 aliphatic carbocycles. The first-order chi connectivity index (χ1) is 9.74. The van der Waals surface area contributed by atoms with Gasteiger partial charge in [-0.1, -0.05) is 36.4 Å². The lowest BCUT2D eigenvalue weighted by molar-refractivity contribution is -0.111. The summed E-state index contributed by atoms with van der Waals surface area (Å²) in [6, 6.07) is 5.11. The van der Waals surface area contributed by atoms with Crippen LogP contribution in [0.15, 0.2) is 59.3 Å². The molecule has 1 aromatic carbocycles. The molecule has 1 N–H and O–H groups in total. The molecule has 0 atom stereocenters. The third kappa shape index (κ3) is 1.77. The minimum Gasteiger partial charge on any atom is -0.506 e. The molecule has 0 saturated heterocycles. The molecule has 0 aromatic heterocycles. The Morgan fingerprint density at radius 3 is 2.90 bits per heavy atom. The van der Waals surface area contributed by atoms with Gasteiger partial charge in [-0.05, 0) is 12.1 Å². The van der Waals surface area contributed by atoms with Crippen molar-refractivity contribution in [1.29, 1.82) is 0 Å². The Labute approximate surface area is 117 Å². The molecule has 0 fully saturated rings. The maximum absolute atomic E-state index is 12.6. The molecule has 4 heteroatoms.